The lowest BCUT2D eigenvalue weighted by Gasteiger charge is -2.50. The molecule has 0 radical (unpaired) electrons. The number of rotatable bonds is 4. The molecule has 1 saturated heterocycles. The fourth-order valence-electron chi connectivity index (χ4n) is 3.43. The first-order valence-corrected chi connectivity index (χ1v) is 9.21. The second kappa shape index (κ2) is 6.59. The molecule has 0 saturated carbocycles. The molecule has 1 spiro atoms. The smallest absolute Gasteiger partial charge is 0.229 e. The average molecular weight is 395 g/mol. The number of anilines is 3. The minimum atomic E-state index is -0.145. The van der Waals surface area contributed by atoms with Crippen LogP contribution in [-0.2, 0) is 4.74 Å². The maximum Gasteiger partial charge on any atom is 0.229 e. The van der Waals surface area contributed by atoms with Gasteiger partial charge < -0.3 is 24.4 Å². The molecule has 0 unspecified atom stereocenters. The van der Waals surface area contributed by atoms with Crippen LogP contribution in [0.2, 0.25) is 0 Å². The number of fused-ring (bicyclic) bond motifs is 1. The summed E-state index contributed by atoms with van der Waals surface area (Å²) in [6.45, 7) is 3.76. The van der Waals surface area contributed by atoms with Crippen molar-refractivity contribution in [2.24, 2.45) is 0 Å². The summed E-state index contributed by atoms with van der Waals surface area (Å²) >= 11 is 0. The lowest BCUT2D eigenvalue weighted by atomic mass is 9.95. The number of likely N-dealkylation sites (N-methyl/N-ethyl adjacent to an activating group) is 1. The first-order valence-electron chi connectivity index (χ1n) is 9.21. The van der Waals surface area contributed by atoms with Gasteiger partial charge in [-0.15, -0.1) is 0 Å². The van der Waals surface area contributed by atoms with Crippen LogP contribution in [-0.4, -0.2) is 64.0 Å². The molecule has 5 heterocycles. The standard InChI is InChI=1S/C19H21N7O3/c1-12-7-26(11-22-12)16-14(27-3)4-13(5-20-16)23-18-21-6-15-17(24-18)25(2)19(10-29-15)8-28-9-19/h4-7,11H,8-10H2,1-3H3,(H,21,23,24). The molecule has 5 rings (SSSR count). The molecule has 10 heteroatoms. The Hall–Kier alpha value is -3.40. The van der Waals surface area contributed by atoms with E-state index in [1.165, 1.54) is 0 Å². The topological polar surface area (TPSA) is 99.5 Å². The number of methoxy groups -OCH3 is 1. The van der Waals surface area contributed by atoms with Gasteiger partial charge >= 0.3 is 0 Å². The number of hydrogen-bond donors (Lipinski definition) is 1. The van der Waals surface area contributed by atoms with Crippen molar-refractivity contribution in [3.05, 3.63) is 36.7 Å². The second-order valence-corrected chi connectivity index (χ2v) is 7.24. The minimum Gasteiger partial charge on any atom is -0.493 e. The Bertz CT molecular complexity index is 1060. The minimum absolute atomic E-state index is 0.145. The van der Waals surface area contributed by atoms with Gasteiger partial charge in [0.1, 0.15) is 18.5 Å². The monoisotopic (exact) mass is 395 g/mol. The summed E-state index contributed by atoms with van der Waals surface area (Å²) in [5, 5.41) is 3.19. The molecule has 150 valence electrons. The van der Waals surface area contributed by atoms with Gasteiger partial charge in [0, 0.05) is 19.3 Å². The highest BCUT2D eigenvalue weighted by atomic mass is 16.5. The van der Waals surface area contributed by atoms with Gasteiger partial charge in [0.05, 0.1) is 44.1 Å². The third-order valence-electron chi connectivity index (χ3n) is 5.27. The number of aromatic nitrogens is 5. The summed E-state index contributed by atoms with van der Waals surface area (Å²) in [6, 6.07) is 1.85. The van der Waals surface area contributed by atoms with E-state index in [2.05, 4.69) is 30.2 Å². The summed E-state index contributed by atoms with van der Waals surface area (Å²) in [5.41, 5.74) is 1.47. The van der Waals surface area contributed by atoms with Crippen LogP contribution in [0.4, 0.5) is 17.5 Å². The maximum absolute atomic E-state index is 5.84. The summed E-state index contributed by atoms with van der Waals surface area (Å²) in [6.07, 6.45) is 6.98. The van der Waals surface area contributed by atoms with Crippen LogP contribution in [0.5, 0.6) is 11.5 Å². The Labute approximate surface area is 167 Å². The van der Waals surface area contributed by atoms with E-state index in [1.807, 2.05) is 30.8 Å². The van der Waals surface area contributed by atoms with E-state index >= 15 is 0 Å². The van der Waals surface area contributed by atoms with Crippen LogP contribution in [0.1, 0.15) is 5.69 Å². The summed E-state index contributed by atoms with van der Waals surface area (Å²) in [5.74, 6) is 3.12. The van der Waals surface area contributed by atoms with E-state index in [4.69, 9.17) is 14.2 Å². The van der Waals surface area contributed by atoms with Crippen molar-refractivity contribution in [3.63, 3.8) is 0 Å². The van der Waals surface area contributed by atoms with Gasteiger partial charge in [0.2, 0.25) is 5.95 Å². The highest BCUT2D eigenvalue weighted by Crippen LogP contribution is 2.39. The van der Waals surface area contributed by atoms with E-state index in [9.17, 15) is 0 Å². The van der Waals surface area contributed by atoms with Crippen LogP contribution < -0.4 is 19.7 Å². The molecule has 0 amide bonds. The molecule has 10 nitrogen and oxygen atoms in total. The van der Waals surface area contributed by atoms with Crippen LogP contribution in [0.25, 0.3) is 5.82 Å². The fourth-order valence-corrected chi connectivity index (χ4v) is 3.43. The molecule has 2 aliphatic rings. The quantitative estimate of drug-likeness (QED) is 0.708. The Morgan fingerprint density at radius 2 is 2.00 bits per heavy atom. The summed E-state index contributed by atoms with van der Waals surface area (Å²) in [7, 11) is 3.61. The zero-order valence-electron chi connectivity index (χ0n) is 16.4. The third-order valence-corrected chi connectivity index (χ3v) is 5.27. The van der Waals surface area contributed by atoms with Gasteiger partial charge in [-0.2, -0.15) is 4.98 Å². The van der Waals surface area contributed by atoms with Gasteiger partial charge in [-0.3, -0.25) is 4.57 Å². The van der Waals surface area contributed by atoms with Crippen LogP contribution in [0.3, 0.4) is 0 Å². The van der Waals surface area contributed by atoms with E-state index in [-0.39, 0.29) is 5.54 Å². The van der Waals surface area contributed by atoms with E-state index in [1.54, 1.807) is 25.8 Å². The molecule has 3 aromatic rings. The largest absolute Gasteiger partial charge is 0.493 e. The molecule has 1 N–H and O–H groups in total. The first kappa shape index (κ1) is 17.7. The normalized spacial score (nSPS) is 16.7. The number of nitrogens with zero attached hydrogens (tertiary/aromatic N) is 6. The number of pyridine rings is 1. The molecular weight excluding hydrogens is 374 g/mol. The van der Waals surface area contributed by atoms with Crippen molar-refractivity contribution in [2.75, 3.05) is 44.2 Å². The first-order chi connectivity index (χ1) is 14.1. The van der Waals surface area contributed by atoms with Gasteiger partial charge in [0.15, 0.2) is 23.1 Å². The molecular formula is C19H21N7O3. The number of hydrogen-bond acceptors (Lipinski definition) is 9. The SMILES string of the molecule is COc1cc(Nc2ncc3c(n2)N(C)C2(COC2)CO3)cnc1-n1cnc(C)c1. The van der Waals surface area contributed by atoms with Crippen LogP contribution >= 0.6 is 0 Å². The van der Waals surface area contributed by atoms with Crippen molar-refractivity contribution in [3.8, 4) is 17.3 Å². The van der Waals surface area contributed by atoms with Gasteiger partial charge in [0.25, 0.3) is 0 Å². The Balaban J connectivity index is 1.42. The number of aryl methyl sites for hydroxylation is 1. The third kappa shape index (κ3) is 2.92. The molecule has 0 bridgehead atoms. The molecule has 29 heavy (non-hydrogen) atoms. The fraction of sp³-hybridized carbons (Fsp3) is 0.368. The Morgan fingerprint density at radius 3 is 2.69 bits per heavy atom. The molecule has 0 aliphatic carbocycles. The van der Waals surface area contributed by atoms with Crippen molar-refractivity contribution in [2.45, 2.75) is 12.5 Å². The maximum atomic E-state index is 5.84. The molecule has 3 aromatic heterocycles. The Morgan fingerprint density at radius 1 is 1.14 bits per heavy atom. The Kier molecular flexibility index (Phi) is 4.02. The highest BCUT2D eigenvalue weighted by molar-refractivity contribution is 5.62. The average Bonchev–Trinajstić information content (AvgIpc) is 3.13. The lowest BCUT2D eigenvalue weighted by Crippen LogP contribution is -2.66. The zero-order valence-corrected chi connectivity index (χ0v) is 16.4. The zero-order chi connectivity index (χ0) is 20.0. The van der Waals surface area contributed by atoms with Crippen molar-refractivity contribution in [1.82, 2.24) is 24.5 Å². The van der Waals surface area contributed by atoms with Crippen molar-refractivity contribution >= 4 is 17.5 Å². The predicted molar refractivity (Wildman–Crippen MR) is 105 cm³/mol. The molecule has 0 atom stereocenters. The number of ether oxygens (including phenoxy) is 3. The van der Waals surface area contributed by atoms with Gasteiger partial charge in [-0.05, 0) is 6.92 Å². The van der Waals surface area contributed by atoms with E-state index < -0.39 is 0 Å². The second-order valence-electron chi connectivity index (χ2n) is 7.24. The highest BCUT2D eigenvalue weighted by Gasteiger charge is 2.47. The summed E-state index contributed by atoms with van der Waals surface area (Å²) < 4.78 is 18.6. The summed E-state index contributed by atoms with van der Waals surface area (Å²) in [4.78, 5) is 19.9. The van der Waals surface area contributed by atoms with E-state index in [0.29, 0.717) is 48.8 Å². The predicted octanol–water partition coefficient (Wildman–Crippen LogP) is 1.72. The van der Waals surface area contributed by atoms with Gasteiger partial charge in [-0.25, -0.2) is 15.0 Å². The number of nitrogens with one attached hydrogen (secondary N) is 1. The lowest BCUT2D eigenvalue weighted by molar-refractivity contribution is -0.0796. The molecule has 1 fully saturated rings. The molecule has 2 aliphatic heterocycles. The van der Waals surface area contributed by atoms with E-state index in [0.717, 1.165) is 11.5 Å². The van der Waals surface area contributed by atoms with Crippen LogP contribution in [0, 0.1) is 6.92 Å². The van der Waals surface area contributed by atoms with Crippen LogP contribution in [0.15, 0.2) is 31.0 Å². The van der Waals surface area contributed by atoms with Crippen molar-refractivity contribution in [1.29, 1.82) is 0 Å². The van der Waals surface area contributed by atoms with Gasteiger partial charge in [-0.1, -0.05) is 0 Å². The number of imidazole rings is 1. The molecule has 0 aromatic carbocycles. The van der Waals surface area contributed by atoms with Crippen molar-refractivity contribution < 1.29 is 14.2 Å².